The van der Waals surface area contributed by atoms with E-state index in [1.165, 1.54) is 0 Å². The lowest BCUT2D eigenvalue weighted by Crippen LogP contribution is -1.74. The van der Waals surface area contributed by atoms with Gasteiger partial charge in [-0.05, 0) is 38.5 Å². The average molecular weight is 324 g/mol. The Morgan fingerprint density at radius 3 is 3.00 bits per heavy atom. The molecule has 0 aliphatic rings. The second-order valence-corrected chi connectivity index (χ2v) is 3.93. The third-order valence-electron chi connectivity index (χ3n) is 1.39. The molecule has 0 aliphatic heterocycles. The van der Waals surface area contributed by atoms with Gasteiger partial charge < -0.3 is 0 Å². The van der Waals surface area contributed by atoms with Crippen molar-refractivity contribution in [1.82, 2.24) is 15.2 Å². The maximum absolute atomic E-state index is 4.05. The second kappa shape index (κ2) is 2.71. The maximum atomic E-state index is 4.05. The van der Waals surface area contributed by atoms with E-state index in [1.54, 1.807) is 12.4 Å². The van der Waals surface area contributed by atoms with E-state index in [0.717, 1.165) is 19.1 Å². The number of rotatable bonds is 0. The standard InChI is InChI=1S/C6H3BrIN3/c7-4-2-9-1-3-5(4)10-11-6(3)8/h1-2H,(H,10,11). The molecule has 0 amide bonds. The van der Waals surface area contributed by atoms with Crippen LogP contribution >= 0.6 is 38.5 Å². The monoisotopic (exact) mass is 323 g/mol. The van der Waals surface area contributed by atoms with Crippen LogP contribution in [0.15, 0.2) is 16.9 Å². The third-order valence-corrected chi connectivity index (χ3v) is 2.81. The fraction of sp³-hybridized carbons (Fsp3) is 0. The minimum atomic E-state index is 0.949. The molecule has 2 aromatic heterocycles. The summed E-state index contributed by atoms with van der Waals surface area (Å²) >= 11 is 5.54. The second-order valence-electron chi connectivity index (χ2n) is 2.06. The van der Waals surface area contributed by atoms with Crippen molar-refractivity contribution in [1.29, 1.82) is 0 Å². The van der Waals surface area contributed by atoms with Crippen molar-refractivity contribution >= 4 is 49.4 Å². The average Bonchev–Trinajstić information content (AvgIpc) is 2.35. The Bertz CT molecular complexity index is 398. The van der Waals surface area contributed by atoms with E-state index in [0.29, 0.717) is 0 Å². The van der Waals surface area contributed by atoms with E-state index in [9.17, 15) is 0 Å². The summed E-state index contributed by atoms with van der Waals surface area (Å²) < 4.78 is 1.90. The predicted octanol–water partition coefficient (Wildman–Crippen LogP) is 2.32. The van der Waals surface area contributed by atoms with E-state index < -0.39 is 0 Å². The largest absolute Gasteiger partial charge is 0.275 e. The zero-order valence-corrected chi connectivity index (χ0v) is 9.05. The Morgan fingerprint density at radius 2 is 2.27 bits per heavy atom. The molecular formula is C6H3BrIN3. The molecule has 0 atom stereocenters. The molecule has 11 heavy (non-hydrogen) atoms. The molecule has 0 bridgehead atoms. The van der Waals surface area contributed by atoms with Crippen molar-refractivity contribution in [2.24, 2.45) is 0 Å². The van der Waals surface area contributed by atoms with E-state index >= 15 is 0 Å². The lowest BCUT2D eigenvalue weighted by Gasteiger charge is -1.89. The van der Waals surface area contributed by atoms with Gasteiger partial charge in [-0.1, -0.05) is 0 Å². The quantitative estimate of drug-likeness (QED) is 0.756. The van der Waals surface area contributed by atoms with Crippen LogP contribution in [0, 0.1) is 3.70 Å². The van der Waals surface area contributed by atoms with Crippen molar-refractivity contribution in [3.8, 4) is 0 Å². The number of H-pyrrole nitrogens is 1. The summed E-state index contributed by atoms with van der Waals surface area (Å²) in [4.78, 5) is 4.03. The van der Waals surface area contributed by atoms with Crippen molar-refractivity contribution in [3.05, 3.63) is 20.6 Å². The fourth-order valence-corrected chi connectivity index (χ4v) is 1.82. The first kappa shape index (κ1) is 7.48. The molecule has 0 fully saturated rings. The zero-order valence-electron chi connectivity index (χ0n) is 5.31. The van der Waals surface area contributed by atoms with Crippen LogP contribution < -0.4 is 0 Å². The summed E-state index contributed by atoms with van der Waals surface area (Å²) in [5.74, 6) is 0. The molecule has 56 valence electrons. The lowest BCUT2D eigenvalue weighted by molar-refractivity contribution is 1.09. The van der Waals surface area contributed by atoms with Gasteiger partial charge in [-0.25, -0.2) is 0 Å². The minimum Gasteiger partial charge on any atom is -0.275 e. The van der Waals surface area contributed by atoms with E-state index in [4.69, 9.17) is 0 Å². The summed E-state index contributed by atoms with van der Waals surface area (Å²) in [5.41, 5.74) is 1.00. The number of hydrogen-bond donors (Lipinski definition) is 1. The van der Waals surface area contributed by atoms with Gasteiger partial charge in [0.05, 0.1) is 15.4 Å². The highest BCUT2D eigenvalue weighted by Gasteiger charge is 2.04. The van der Waals surface area contributed by atoms with Gasteiger partial charge in [-0.15, -0.1) is 0 Å². The van der Waals surface area contributed by atoms with E-state index in [-0.39, 0.29) is 0 Å². The summed E-state index contributed by atoms with van der Waals surface area (Å²) in [6.45, 7) is 0. The number of aromatic nitrogens is 3. The Kier molecular flexibility index (Phi) is 1.84. The summed E-state index contributed by atoms with van der Waals surface area (Å²) in [7, 11) is 0. The van der Waals surface area contributed by atoms with Crippen molar-refractivity contribution in [2.75, 3.05) is 0 Å². The molecule has 0 saturated carbocycles. The number of nitrogens with one attached hydrogen (secondary N) is 1. The first-order valence-electron chi connectivity index (χ1n) is 2.92. The predicted molar refractivity (Wildman–Crippen MR) is 54.3 cm³/mol. The molecular weight excluding hydrogens is 321 g/mol. The SMILES string of the molecule is Brc1cncc2c(I)n[nH]c12. The number of nitrogens with zero attached hydrogens (tertiary/aromatic N) is 2. The minimum absolute atomic E-state index is 0.949. The molecule has 0 unspecified atom stereocenters. The normalized spacial score (nSPS) is 10.7. The number of aromatic amines is 1. The van der Waals surface area contributed by atoms with Gasteiger partial charge in [0.15, 0.2) is 0 Å². The van der Waals surface area contributed by atoms with Crippen LogP contribution in [0.3, 0.4) is 0 Å². The highest BCUT2D eigenvalue weighted by molar-refractivity contribution is 14.1. The van der Waals surface area contributed by atoms with Crippen LogP contribution in [0.5, 0.6) is 0 Å². The van der Waals surface area contributed by atoms with Crippen LogP contribution in [0.2, 0.25) is 0 Å². The fourth-order valence-electron chi connectivity index (χ4n) is 0.870. The summed E-state index contributed by atoms with van der Waals surface area (Å²) in [6.07, 6.45) is 3.54. The summed E-state index contributed by atoms with van der Waals surface area (Å²) in [5, 5.41) is 8.02. The third kappa shape index (κ3) is 1.16. The Morgan fingerprint density at radius 1 is 1.45 bits per heavy atom. The molecule has 5 heteroatoms. The molecule has 0 saturated heterocycles. The number of pyridine rings is 1. The van der Waals surface area contributed by atoms with E-state index in [1.807, 2.05) is 0 Å². The number of hydrogen-bond acceptors (Lipinski definition) is 2. The van der Waals surface area contributed by atoms with Crippen molar-refractivity contribution < 1.29 is 0 Å². The van der Waals surface area contributed by atoms with Gasteiger partial charge in [0.2, 0.25) is 0 Å². The highest BCUT2D eigenvalue weighted by Crippen LogP contribution is 2.22. The van der Waals surface area contributed by atoms with Gasteiger partial charge in [0, 0.05) is 12.4 Å². The molecule has 0 spiro atoms. The van der Waals surface area contributed by atoms with Crippen LogP contribution in [-0.2, 0) is 0 Å². The van der Waals surface area contributed by atoms with Gasteiger partial charge in [0.25, 0.3) is 0 Å². The summed E-state index contributed by atoms with van der Waals surface area (Å²) in [6, 6.07) is 0. The van der Waals surface area contributed by atoms with Crippen LogP contribution in [-0.4, -0.2) is 15.2 Å². The first-order chi connectivity index (χ1) is 5.29. The van der Waals surface area contributed by atoms with Crippen LogP contribution in [0.4, 0.5) is 0 Å². The molecule has 2 aromatic rings. The first-order valence-corrected chi connectivity index (χ1v) is 4.79. The smallest absolute Gasteiger partial charge is 0.132 e. The highest BCUT2D eigenvalue weighted by atomic mass is 127. The number of fused-ring (bicyclic) bond motifs is 1. The molecule has 0 radical (unpaired) electrons. The number of halogens is 2. The lowest BCUT2D eigenvalue weighted by atomic mass is 10.3. The topological polar surface area (TPSA) is 41.6 Å². The molecule has 1 N–H and O–H groups in total. The maximum Gasteiger partial charge on any atom is 0.132 e. The van der Waals surface area contributed by atoms with Crippen molar-refractivity contribution in [3.63, 3.8) is 0 Å². The Balaban J connectivity index is 2.94. The van der Waals surface area contributed by atoms with Crippen LogP contribution in [0.25, 0.3) is 10.9 Å². The van der Waals surface area contributed by atoms with Gasteiger partial charge in [-0.2, -0.15) is 5.10 Å². The van der Waals surface area contributed by atoms with Gasteiger partial charge in [-0.3, -0.25) is 10.1 Å². The van der Waals surface area contributed by atoms with Gasteiger partial charge in [0.1, 0.15) is 3.70 Å². The van der Waals surface area contributed by atoms with E-state index in [2.05, 4.69) is 53.7 Å². The van der Waals surface area contributed by atoms with Crippen LogP contribution in [0.1, 0.15) is 0 Å². The Labute approximate surface area is 84.9 Å². The zero-order chi connectivity index (χ0) is 7.84. The molecule has 3 nitrogen and oxygen atoms in total. The Hall–Kier alpha value is -0.170. The molecule has 2 rings (SSSR count). The van der Waals surface area contributed by atoms with Crippen molar-refractivity contribution in [2.45, 2.75) is 0 Å². The molecule has 0 aromatic carbocycles. The molecule has 0 aliphatic carbocycles. The van der Waals surface area contributed by atoms with Gasteiger partial charge >= 0.3 is 0 Å². The molecule has 2 heterocycles.